The predicted octanol–water partition coefficient (Wildman–Crippen LogP) is -0.637. The second-order valence-electron chi connectivity index (χ2n) is 3.13. The fourth-order valence-corrected chi connectivity index (χ4v) is 0.985. The normalized spacial score (nSPS) is 10.5. The summed E-state index contributed by atoms with van der Waals surface area (Å²) in [5, 5.41) is 8.66. The fourth-order valence-electron chi connectivity index (χ4n) is 0.985. The first-order valence-electron chi connectivity index (χ1n) is 4.59. The molecule has 0 spiro atoms. The number of likely N-dealkylation sites (N-methyl/N-ethyl adjacent to an activating group) is 1. The molecule has 15 heavy (non-hydrogen) atoms. The van der Waals surface area contributed by atoms with Crippen LogP contribution in [-0.4, -0.2) is 55.0 Å². The van der Waals surface area contributed by atoms with Crippen molar-refractivity contribution in [3.8, 4) is 0 Å². The topological polar surface area (TPSA) is 76.1 Å². The van der Waals surface area contributed by atoms with E-state index in [1.54, 1.807) is 11.9 Å². The maximum Gasteiger partial charge on any atom is 0.305 e. The molecule has 6 nitrogen and oxygen atoms in total. The zero-order valence-electron chi connectivity index (χ0n) is 9.23. The smallest absolute Gasteiger partial charge is 0.305 e. The van der Waals surface area contributed by atoms with Crippen LogP contribution in [0.5, 0.6) is 0 Å². The summed E-state index contributed by atoms with van der Waals surface area (Å²) in [6, 6.07) is 0. The molecule has 0 rings (SSSR count). The number of carbonyl (C=O) groups is 2. The third-order valence-corrected chi connectivity index (χ3v) is 1.54. The van der Waals surface area contributed by atoms with Gasteiger partial charge in [-0.25, -0.2) is 0 Å². The van der Waals surface area contributed by atoms with E-state index in [2.05, 4.69) is 0 Å². The number of esters is 2. The Bertz CT molecular complexity index is 203. The molecule has 0 saturated heterocycles. The van der Waals surface area contributed by atoms with Crippen molar-refractivity contribution in [2.45, 2.75) is 20.1 Å². The Kier molecular flexibility index (Phi) is 6.64. The number of rotatable bonds is 6. The van der Waals surface area contributed by atoms with Crippen molar-refractivity contribution in [2.24, 2.45) is 0 Å². The summed E-state index contributed by atoms with van der Waals surface area (Å²) >= 11 is 0. The lowest BCUT2D eigenvalue weighted by Gasteiger charge is -2.22. The Morgan fingerprint density at radius 3 is 2.07 bits per heavy atom. The molecule has 6 heteroatoms. The Hall–Kier alpha value is -1.14. The average molecular weight is 219 g/mol. The van der Waals surface area contributed by atoms with Gasteiger partial charge in [-0.05, 0) is 7.05 Å². The van der Waals surface area contributed by atoms with Gasteiger partial charge < -0.3 is 14.6 Å². The first-order chi connectivity index (χ1) is 6.95. The van der Waals surface area contributed by atoms with Crippen LogP contribution >= 0.6 is 0 Å². The highest BCUT2D eigenvalue weighted by atomic mass is 16.7. The second kappa shape index (κ2) is 7.19. The molecule has 0 aromatic heterocycles. The lowest BCUT2D eigenvalue weighted by molar-refractivity contribution is -0.187. The number of hydrogen-bond donors (Lipinski definition) is 1. The van der Waals surface area contributed by atoms with Gasteiger partial charge in [0.2, 0.25) is 0 Å². The largest absolute Gasteiger partial charge is 0.424 e. The van der Waals surface area contributed by atoms with E-state index in [1.165, 1.54) is 13.8 Å². The molecule has 0 aromatic rings. The molecular formula is C9H17NO5. The minimum absolute atomic E-state index is 0.0106. The van der Waals surface area contributed by atoms with Crippen molar-refractivity contribution in [1.29, 1.82) is 0 Å². The lowest BCUT2D eigenvalue weighted by atomic mass is 10.5. The van der Waals surface area contributed by atoms with Crippen LogP contribution in [0.4, 0.5) is 0 Å². The molecule has 0 bridgehead atoms. The SMILES string of the molecule is CC(=O)OC(CN(C)CCO)OC(C)=O. The van der Waals surface area contributed by atoms with Gasteiger partial charge in [-0.2, -0.15) is 0 Å². The molecule has 0 aliphatic heterocycles. The summed E-state index contributed by atoms with van der Waals surface area (Å²) < 4.78 is 9.55. The molecule has 0 amide bonds. The fraction of sp³-hybridized carbons (Fsp3) is 0.778. The van der Waals surface area contributed by atoms with Crippen molar-refractivity contribution >= 4 is 11.9 Å². The minimum atomic E-state index is -0.920. The van der Waals surface area contributed by atoms with E-state index in [-0.39, 0.29) is 13.2 Å². The van der Waals surface area contributed by atoms with Crippen LogP contribution in [0.3, 0.4) is 0 Å². The number of carbonyl (C=O) groups excluding carboxylic acids is 2. The van der Waals surface area contributed by atoms with Crippen molar-refractivity contribution in [3.05, 3.63) is 0 Å². The van der Waals surface area contributed by atoms with Crippen molar-refractivity contribution < 1.29 is 24.2 Å². The first kappa shape index (κ1) is 13.9. The molecule has 88 valence electrons. The van der Waals surface area contributed by atoms with Crippen molar-refractivity contribution in [2.75, 3.05) is 26.7 Å². The second-order valence-corrected chi connectivity index (χ2v) is 3.13. The molecule has 0 aromatic carbocycles. The molecule has 0 radical (unpaired) electrons. The van der Waals surface area contributed by atoms with Gasteiger partial charge >= 0.3 is 11.9 Å². The van der Waals surface area contributed by atoms with Crippen LogP contribution in [0, 0.1) is 0 Å². The lowest BCUT2D eigenvalue weighted by Crippen LogP contribution is -2.36. The summed E-state index contributed by atoms with van der Waals surface area (Å²) in [5.41, 5.74) is 0. The van der Waals surface area contributed by atoms with Gasteiger partial charge in [0.05, 0.1) is 13.2 Å². The van der Waals surface area contributed by atoms with Crippen LogP contribution in [0.2, 0.25) is 0 Å². The Balaban J connectivity index is 4.10. The van der Waals surface area contributed by atoms with E-state index in [4.69, 9.17) is 14.6 Å². The van der Waals surface area contributed by atoms with Gasteiger partial charge in [0.15, 0.2) is 0 Å². The molecule has 0 heterocycles. The van der Waals surface area contributed by atoms with E-state index < -0.39 is 18.2 Å². The van der Waals surface area contributed by atoms with Gasteiger partial charge in [0, 0.05) is 20.4 Å². The molecule has 0 saturated carbocycles. The van der Waals surface area contributed by atoms with E-state index >= 15 is 0 Å². The summed E-state index contributed by atoms with van der Waals surface area (Å²) in [7, 11) is 1.72. The van der Waals surface area contributed by atoms with Gasteiger partial charge in [0.25, 0.3) is 6.29 Å². The Morgan fingerprint density at radius 1 is 1.27 bits per heavy atom. The zero-order valence-corrected chi connectivity index (χ0v) is 9.23. The highest BCUT2D eigenvalue weighted by molar-refractivity contribution is 5.68. The summed E-state index contributed by atoms with van der Waals surface area (Å²) in [5.74, 6) is -1.03. The number of ether oxygens (including phenoxy) is 2. The van der Waals surface area contributed by atoms with Crippen molar-refractivity contribution in [1.82, 2.24) is 4.90 Å². The Morgan fingerprint density at radius 2 is 1.73 bits per heavy atom. The molecule has 0 fully saturated rings. The maximum absolute atomic E-state index is 10.7. The average Bonchev–Trinajstić information content (AvgIpc) is 2.00. The number of aliphatic hydroxyl groups excluding tert-OH is 1. The van der Waals surface area contributed by atoms with Gasteiger partial charge in [-0.3, -0.25) is 14.5 Å². The number of aliphatic hydroxyl groups is 1. The van der Waals surface area contributed by atoms with E-state index in [9.17, 15) is 9.59 Å². The third-order valence-electron chi connectivity index (χ3n) is 1.54. The zero-order chi connectivity index (χ0) is 11.8. The monoisotopic (exact) mass is 219 g/mol. The van der Waals surface area contributed by atoms with Crippen LogP contribution < -0.4 is 0 Å². The number of hydrogen-bond acceptors (Lipinski definition) is 6. The van der Waals surface area contributed by atoms with Crippen LogP contribution in [0.15, 0.2) is 0 Å². The molecule has 0 aliphatic carbocycles. The van der Waals surface area contributed by atoms with Gasteiger partial charge in [-0.15, -0.1) is 0 Å². The summed E-state index contributed by atoms with van der Waals surface area (Å²) in [6.45, 7) is 3.12. The van der Waals surface area contributed by atoms with Crippen molar-refractivity contribution in [3.63, 3.8) is 0 Å². The number of nitrogens with zero attached hydrogens (tertiary/aromatic N) is 1. The molecule has 0 unspecified atom stereocenters. The Labute approximate surface area is 88.8 Å². The molecule has 1 N–H and O–H groups in total. The highest BCUT2D eigenvalue weighted by Crippen LogP contribution is 1.99. The van der Waals surface area contributed by atoms with E-state index in [1.807, 2.05) is 0 Å². The van der Waals surface area contributed by atoms with Crippen LogP contribution in [0.25, 0.3) is 0 Å². The quantitative estimate of drug-likeness (QED) is 0.473. The molecule has 0 aliphatic rings. The molecular weight excluding hydrogens is 202 g/mol. The summed E-state index contributed by atoms with van der Waals surface area (Å²) in [4.78, 5) is 23.1. The first-order valence-corrected chi connectivity index (χ1v) is 4.59. The minimum Gasteiger partial charge on any atom is -0.424 e. The van der Waals surface area contributed by atoms with Gasteiger partial charge in [-0.1, -0.05) is 0 Å². The van der Waals surface area contributed by atoms with Gasteiger partial charge in [0.1, 0.15) is 0 Å². The van der Waals surface area contributed by atoms with E-state index in [0.29, 0.717) is 6.54 Å². The van der Waals surface area contributed by atoms with Crippen LogP contribution in [0.1, 0.15) is 13.8 Å². The highest BCUT2D eigenvalue weighted by Gasteiger charge is 2.17. The maximum atomic E-state index is 10.7. The standard InChI is InChI=1S/C9H17NO5/c1-7(12)14-9(15-8(2)13)6-10(3)4-5-11/h9,11H,4-6H2,1-3H3. The third kappa shape index (κ3) is 7.90. The molecule has 0 atom stereocenters. The predicted molar refractivity (Wildman–Crippen MR) is 51.9 cm³/mol. The van der Waals surface area contributed by atoms with E-state index in [0.717, 1.165) is 0 Å². The van der Waals surface area contributed by atoms with Crippen LogP contribution in [-0.2, 0) is 19.1 Å². The summed E-state index contributed by atoms with van der Waals surface area (Å²) in [6.07, 6.45) is -0.920.